The number of nitrogens with one attached hydrogen (secondary N) is 2. The third-order valence-electron chi connectivity index (χ3n) is 4.33. The molecule has 2 N–H and O–H groups in total. The summed E-state index contributed by atoms with van der Waals surface area (Å²) in [4.78, 5) is 24.2. The van der Waals surface area contributed by atoms with Gasteiger partial charge in [-0.2, -0.15) is 0 Å². The summed E-state index contributed by atoms with van der Waals surface area (Å²) in [5.74, 6) is -0.0184. The van der Waals surface area contributed by atoms with E-state index in [0.717, 1.165) is 12.8 Å². The molecule has 0 spiro atoms. The molecule has 0 aliphatic heterocycles. The number of carbonyl (C=O) groups excluding carboxylic acids is 2. The number of unbranched alkanes of at least 4 members (excludes halogenated alkanes) is 3. The van der Waals surface area contributed by atoms with Gasteiger partial charge in [-0.05, 0) is 84.0 Å². The summed E-state index contributed by atoms with van der Waals surface area (Å²) in [6.07, 6.45) is 4.53. The maximum absolute atomic E-state index is 12.5. The third kappa shape index (κ3) is 8.30. The van der Waals surface area contributed by atoms with Crippen molar-refractivity contribution in [2.75, 3.05) is 18.5 Å². The number of thiocarbonyl (C=S) groups is 1. The number of halogens is 1. The molecule has 2 aromatic rings. The van der Waals surface area contributed by atoms with Crippen LogP contribution in [-0.4, -0.2) is 30.2 Å². The largest absolute Gasteiger partial charge is 0.492 e. The van der Waals surface area contributed by atoms with Crippen LogP contribution in [0, 0.1) is 0 Å². The molecule has 2 aromatic carbocycles. The summed E-state index contributed by atoms with van der Waals surface area (Å²) in [6, 6.07) is 11.8. The zero-order valence-electron chi connectivity index (χ0n) is 17.7. The molecule has 0 saturated carbocycles. The molecule has 6 nitrogen and oxygen atoms in total. The molecule has 0 bridgehead atoms. The second-order valence-corrected chi connectivity index (χ2v) is 8.02. The fraction of sp³-hybridized carbons (Fsp3) is 0.348. The van der Waals surface area contributed by atoms with E-state index in [1.165, 1.54) is 12.8 Å². The van der Waals surface area contributed by atoms with Crippen molar-refractivity contribution in [1.82, 2.24) is 5.32 Å². The van der Waals surface area contributed by atoms with Gasteiger partial charge in [-0.1, -0.05) is 26.2 Å². The molecule has 0 aromatic heterocycles. The second kappa shape index (κ2) is 13.1. The van der Waals surface area contributed by atoms with Gasteiger partial charge in [0.15, 0.2) is 5.11 Å². The zero-order valence-corrected chi connectivity index (χ0v) is 20.1. The molecule has 0 fully saturated rings. The van der Waals surface area contributed by atoms with Crippen molar-refractivity contribution in [3.63, 3.8) is 0 Å². The van der Waals surface area contributed by atoms with Gasteiger partial charge < -0.3 is 14.8 Å². The molecule has 0 aliphatic rings. The highest BCUT2D eigenvalue weighted by molar-refractivity contribution is 9.10. The second-order valence-electron chi connectivity index (χ2n) is 6.76. The number of anilines is 1. The average molecular weight is 507 g/mol. The van der Waals surface area contributed by atoms with E-state index in [1.807, 2.05) is 0 Å². The first-order valence-electron chi connectivity index (χ1n) is 10.3. The summed E-state index contributed by atoms with van der Waals surface area (Å²) in [5, 5.41) is 5.72. The molecule has 0 aliphatic carbocycles. The van der Waals surface area contributed by atoms with Gasteiger partial charge in [0.1, 0.15) is 5.75 Å². The van der Waals surface area contributed by atoms with E-state index in [0.29, 0.717) is 40.3 Å². The van der Waals surface area contributed by atoms with Crippen molar-refractivity contribution >= 4 is 50.8 Å². The molecule has 0 unspecified atom stereocenters. The third-order valence-corrected chi connectivity index (χ3v) is 5.15. The van der Waals surface area contributed by atoms with Crippen LogP contribution in [0.15, 0.2) is 46.9 Å². The quantitative estimate of drug-likeness (QED) is 0.244. The lowest BCUT2D eigenvalue weighted by Crippen LogP contribution is -2.34. The van der Waals surface area contributed by atoms with Crippen LogP contribution in [0.4, 0.5) is 5.69 Å². The molecular formula is C23H27BrN2O4S. The van der Waals surface area contributed by atoms with E-state index in [-0.39, 0.29) is 17.0 Å². The van der Waals surface area contributed by atoms with Crippen LogP contribution in [0.3, 0.4) is 0 Å². The molecule has 2 rings (SSSR count). The fourth-order valence-corrected chi connectivity index (χ4v) is 3.42. The summed E-state index contributed by atoms with van der Waals surface area (Å²) < 4.78 is 11.4. The lowest BCUT2D eigenvalue weighted by Gasteiger charge is -2.12. The van der Waals surface area contributed by atoms with Crippen molar-refractivity contribution in [2.45, 2.75) is 39.5 Å². The first-order valence-corrected chi connectivity index (χ1v) is 11.5. The Balaban J connectivity index is 1.87. The van der Waals surface area contributed by atoms with Gasteiger partial charge in [-0.3, -0.25) is 10.1 Å². The van der Waals surface area contributed by atoms with Crippen LogP contribution in [0.5, 0.6) is 5.75 Å². The van der Waals surface area contributed by atoms with E-state index >= 15 is 0 Å². The van der Waals surface area contributed by atoms with Gasteiger partial charge in [0, 0.05) is 11.3 Å². The number of esters is 1. The number of ether oxygens (including phenoxy) is 2. The summed E-state index contributed by atoms with van der Waals surface area (Å²) in [7, 11) is 0. The smallest absolute Gasteiger partial charge is 0.338 e. The molecule has 0 heterocycles. The fourth-order valence-electron chi connectivity index (χ4n) is 2.71. The molecule has 0 saturated heterocycles. The van der Waals surface area contributed by atoms with Gasteiger partial charge in [-0.25, -0.2) is 4.79 Å². The normalized spacial score (nSPS) is 10.3. The Morgan fingerprint density at radius 1 is 1.00 bits per heavy atom. The van der Waals surface area contributed by atoms with E-state index < -0.39 is 0 Å². The van der Waals surface area contributed by atoms with Gasteiger partial charge in [0.25, 0.3) is 5.91 Å². The van der Waals surface area contributed by atoms with E-state index in [1.54, 1.807) is 49.4 Å². The van der Waals surface area contributed by atoms with Gasteiger partial charge >= 0.3 is 5.97 Å². The Bertz CT molecular complexity index is 903. The Morgan fingerprint density at radius 3 is 2.35 bits per heavy atom. The number of amides is 1. The summed E-state index contributed by atoms with van der Waals surface area (Å²) in [6.45, 7) is 4.89. The van der Waals surface area contributed by atoms with Crippen molar-refractivity contribution in [1.29, 1.82) is 0 Å². The van der Waals surface area contributed by atoms with E-state index in [9.17, 15) is 9.59 Å². The lowest BCUT2D eigenvalue weighted by molar-refractivity contribution is 0.0526. The minimum absolute atomic E-state index is 0.154. The van der Waals surface area contributed by atoms with Gasteiger partial charge in [0.2, 0.25) is 0 Å². The number of carbonyl (C=O) groups is 2. The predicted molar refractivity (Wildman–Crippen MR) is 130 cm³/mol. The average Bonchev–Trinajstić information content (AvgIpc) is 2.75. The van der Waals surface area contributed by atoms with Crippen LogP contribution in [0.25, 0.3) is 0 Å². The molecular weight excluding hydrogens is 480 g/mol. The van der Waals surface area contributed by atoms with Crippen LogP contribution in [0.1, 0.15) is 60.2 Å². The highest BCUT2D eigenvalue weighted by atomic mass is 79.9. The lowest BCUT2D eigenvalue weighted by atomic mass is 10.2. The predicted octanol–water partition coefficient (Wildman–Crippen LogP) is 5.71. The SMILES string of the molecule is CCCCCCOc1ccc(C(=O)NC(=S)Nc2ccc(C(=O)OCC)cc2)cc1Br. The number of benzene rings is 2. The highest BCUT2D eigenvalue weighted by Gasteiger charge is 2.12. The van der Waals surface area contributed by atoms with Crippen LogP contribution >= 0.6 is 28.1 Å². The molecule has 1 amide bonds. The topological polar surface area (TPSA) is 76.7 Å². The first kappa shape index (κ1) is 24.8. The minimum atomic E-state index is -0.385. The Labute approximate surface area is 196 Å². The van der Waals surface area contributed by atoms with Crippen LogP contribution < -0.4 is 15.4 Å². The zero-order chi connectivity index (χ0) is 22.6. The van der Waals surface area contributed by atoms with Crippen molar-refractivity contribution in [3.05, 3.63) is 58.1 Å². The molecule has 31 heavy (non-hydrogen) atoms. The maximum atomic E-state index is 12.5. The van der Waals surface area contributed by atoms with Crippen molar-refractivity contribution in [2.24, 2.45) is 0 Å². The van der Waals surface area contributed by atoms with Crippen LogP contribution in [-0.2, 0) is 4.74 Å². The Kier molecular flexibility index (Phi) is 10.5. The minimum Gasteiger partial charge on any atom is -0.492 e. The molecule has 8 heteroatoms. The summed E-state index contributed by atoms with van der Waals surface area (Å²) in [5.41, 5.74) is 1.54. The van der Waals surface area contributed by atoms with Gasteiger partial charge in [-0.15, -0.1) is 0 Å². The number of hydrogen-bond donors (Lipinski definition) is 2. The standard InChI is InChI=1S/C23H27BrN2O4S/c1-3-5-6-7-14-30-20-13-10-17(15-19(20)24)21(27)26-23(31)25-18-11-8-16(9-12-18)22(28)29-4-2/h8-13,15H,3-7,14H2,1-2H3,(H2,25,26,27,31). The van der Waals surface area contributed by atoms with E-state index in [4.69, 9.17) is 21.7 Å². The maximum Gasteiger partial charge on any atom is 0.338 e. The highest BCUT2D eigenvalue weighted by Crippen LogP contribution is 2.26. The number of hydrogen-bond acceptors (Lipinski definition) is 5. The first-order chi connectivity index (χ1) is 14.9. The molecule has 166 valence electrons. The van der Waals surface area contributed by atoms with Crippen LogP contribution in [0.2, 0.25) is 0 Å². The molecule has 0 radical (unpaired) electrons. The Hall–Kier alpha value is -2.45. The van der Waals surface area contributed by atoms with Crippen molar-refractivity contribution in [3.8, 4) is 5.75 Å². The molecule has 0 atom stereocenters. The van der Waals surface area contributed by atoms with Crippen molar-refractivity contribution < 1.29 is 19.1 Å². The van der Waals surface area contributed by atoms with Gasteiger partial charge in [0.05, 0.1) is 23.2 Å². The van der Waals surface area contributed by atoms with E-state index in [2.05, 4.69) is 33.5 Å². The Morgan fingerprint density at radius 2 is 1.71 bits per heavy atom. The monoisotopic (exact) mass is 506 g/mol. The summed E-state index contributed by atoms with van der Waals surface area (Å²) >= 11 is 8.67. The number of rotatable bonds is 10.